The van der Waals surface area contributed by atoms with E-state index >= 15 is 0 Å². The number of likely N-dealkylation sites (tertiary alicyclic amines) is 1. The molecule has 0 aromatic heterocycles. The van der Waals surface area contributed by atoms with Gasteiger partial charge in [0.25, 0.3) is 0 Å². The Balaban J connectivity index is 1.80. The van der Waals surface area contributed by atoms with Gasteiger partial charge in [0.15, 0.2) is 0 Å². The van der Waals surface area contributed by atoms with E-state index in [0.29, 0.717) is 26.3 Å². The summed E-state index contributed by atoms with van der Waals surface area (Å²) in [6.07, 6.45) is 21.9. The van der Waals surface area contributed by atoms with E-state index in [1.165, 1.54) is 88.4 Å². The highest BCUT2D eigenvalue weighted by atomic mass is 16.5. The summed E-state index contributed by atoms with van der Waals surface area (Å²) in [4.78, 5) is 12.1. The van der Waals surface area contributed by atoms with Crippen LogP contribution in [0.25, 0.3) is 0 Å². The van der Waals surface area contributed by atoms with Crippen LogP contribution < -0.4 is 0 Å². The van der Waals surface area contributed by atoms with Gasteiger partial charge in [0.2, 0.25) is 0 Å². The van der Waals surface area contributed by atoms with Gasteiger partial charge in [-0.3, -0.25) is 0 Å². The van der Waals surface area contributed by atoms with E-state index in [1.807, 2.05) is 0 Å². The summed E-state index contributed by atoms with van der Waals surface area (Å²) in [5, 5.41) is 18.4. The number of aliphatic hydroxyl groups is 1. The molecule has 1 saturated heterocycles. The van der Waals surface area contributed by atoms with E-state index in [0.717, 1.165) is 6.42 Å². The van der Waals surface area contributed by atoms with Crippen molar-refractivity contribution in [2.75, 3.05) is 32.9 Å². The molecule has 29 heavy (non-hydrogen) atoms. The number of ether oxygens (including phenoxy) is 1. The van der Waals surface area contributed by atoms with Gasteiger partial charge in [0.1, 0.15) is 0 Å². The minimum absolute atomic E-state index is 0.00974. The predicted molar refractivity (Wildman–Crippen MR) is 119 cm³/mol. The summed E-state index contributed by atoms with van der Waals surface area (Å²) in [5.74, 6) is 0. The summed E-state index contributed by atoms with van der Waals surface area (Å²) >= 11 is 0. The number of unbranched alkanes of at least 4 members (excludes halogenated alkanes) is 12. The number of hydrogen-bond acceptors (Lipinski definition) is 3. The van der Waals surface area contributed by atoms with Crippen LogP contribution >= 0.6 is 0 Å². The first kappa shape index (κ1) is 26.0. The maximum absolute atomic E-state index is 10.8. The molecule has 1 rings (SSSR count). The van der Waals surface area contributed by atoms with Crippen LogP contribution in [0, 0.1) is 5.41 Å². The van der Waals surface area contributed by atoms with Gasteiger partial charge >= 0.3 is 6.09 Å². The second-order valence-corrected chi connectivity index (χ2v) is 8.79. The number of carboxylic acid groups (broad SMARTS) is 1. The molecule has 1 aliphatic heterocycles. The Labute approximate surface area is 178 Å². The standard InChI is InChI=1S/C24H45NO4/c1-2-3-4-5-6-7-8-9-10-11-12-13-14-15-16-17-18-29-22-24(21-26)19-25(20-24)23(27)28/h9-10,26H,2-8,11-22H2,1H3,(H,27,28). The highest BCUT2D eigenvalue weighted by Gasteiger charge is 2.45. The molecule has 0 unspecified atom stereocenters. The van der Waals surface area contributed by atoms with E-state index in [4.69, 9.17) is 9.84 Å². The summed E-state index contributed by atoms with van der Waals surface area (Å²) in [6, 6.07) is 0. The first-order valence-corrected chi connectivity index (χ1v) is 11.9. The van der Waals surface area contributed by atoms with Crippen LogP contribution in [0.5, 0.6) is 0 Å². The molecule has 0 saturated carbocycles. The predicted octanol–water partition coefficient (Wildman–Crippen LogP) is 6.01. The molecule has 0 atom stereocenters. The molecule has 0 radical (unpaired) electrons. The number of allylic oxidation sites excluding steroid dienone is 2. The molecule has 0 aliphatic carbocycles. The second kappa shape index (κ2) is 16.7. The molecule has 1 amide bonds. The lowest BCUT2D eigenvalue weighted by Crippen LogP contribution is -2.62. The Morgan fingerprint density at radius 3 is 1.93 bits per heavy atom. The summed E-state index contributed by atoms with van der Waals surface area (Å²) in [5.41, 5.74) is -0.374. The van der Waals surface area contributed by atoms with Gasteiger partial charge in [0, 0.05) is 19.7 Å². The molecule has 1 fully saturated rings. The van der Waals surface area contributed by atoms with Crippen LogP contribution in [0.2, 0.25) is 0 Å². The fourth-order valence-electron chi connectivity index (χ4n) is 3.88. The molecule has 170 valence electrons. The third-order valence-electron chi connectivity index (χ3n) is 5.87. The van der Waals surface area contributed by atoms with Gasteiger partial charge in [-0.25, -0.2) is 4.79 Å². The maximum atomic E-state index is 10.8. The molecule has 5 nitrogen and oxygen atoms in total. The highest BCUT2D eigenvalue weighted by molar-refractivity contribution is 5.66. The summed E-state index contributed by atoms with van der Waals surface area (Å²) in [6.45, 7) is 4.18. The van der Waals surface area contributed by atoms with Gasteiger partial charge in [0.05, 0.1) is 18.6 Å². The molecule has 0 spiro atoms. The van der Waals surface area contributed by atoms with Crippen molar-refractivity contribution in [3.05, 3.63) is 12.2 Å². The fourth-order valence-corrected chi connectivity index (χ4v) is 3.88. The van der Waals surface area contributed by atoms with Crippen molar-refractivity contribution >= 4 is 6.09 Å². The van der Waals surface area contributed by atoms with E-state index in [9.17, 15) is 9.90 Å². The molecular formula is C24H45NO4. The molecule has 0 bridgehead atoms. The molecule has 2 N–H and O–H groups in total. The number of nitrogens with zero attached hydrogens (tertiary/aromatic N) is 1. The normalized spacial score (nSPS) is 15.7. The SMILES string of the molecule is CCCCCCCCC=CCCCCCCCCOCC1(CO)CN(C(=O)O)C1. The van der Waals surface area contributed by atoms with E-state index in [-0.39, 0.29) is 12.0 Å². The van der Waals surface area contributed by atoms with Crippen LogP contribution in [0.15, 0.2) is 12.2 Å². The fraction of sp³-hybridized carbons (Fsp3) is 0.875. The van der Waals surface area contributed by atoms with E-state index in [2.05, 4.69) is 19.1 Å². The van der Waals surface area contributed by atoms with Gasteiger partial charge in [-0.1, -0.05) is 76.9 Å². The quantitative estimate of drug-likeness (QED) is 0.202. The zero-order valence-corrected chi connectivity index (χ0v) is 18.7. The minimum Gasteiger partial charge on any atom is -0.465 e. The van der Waals surface area contributed by atoms with Crippen molar-refractivity contribution in [1.82, 2.24) is 4.90 Å². The van der Waals surface area contributed by atoms with Crippen LogP contribution in [0.3, 0.4) is 0 Å². The third-order valence-corrected chi connectivity index (χ3v) is 5.87. The smallest absolute Gasteiger partial charge is 0.407 e. The topological polar surface area (TPSA) is 70.0 Å². The lowest BCUT2D eigenvalue weighted by Gasteiger charge is -2.47. The van der Waals surface area contributed by atoms with Crippen LogP contribution in [-0.4, -0.2) is 54.1 Å². The number of hydrogen-bond donors (Lipinski definition) is 2. The third kappa shape index (κ3) is 12.3. The summed E-state index contributed by atoms with van der Waals surface area (Å²) in [7, 11) is 0. The van der Waals surface area contributed by atoms with E-state index in [1.54, 1.807) is 0 Å². The highest BCUT2D eigenvalue weighted by Crippen LogP contribution is 2.30. The van der Waals surface area contributed by atoms with Crippen molar-refractivity contribution in [3.8, 4) is 0 Å². The first-order chi connectivity index (χ1) is 14.1. The Kier molecular flexibility index (Phi) is 15.0. The van der Waals surface area contributed by atoms with Crippen LogP contribution in [0.1, 0.15) is 96.8 Å². The van der Waals surface area contributed by atoms with Gasteiger partial charge < -0.3 is 19.8 Å². The Bertz CT molecular complexity index is 433. The molecule has 1 aliphatic rings. The largest absolute Gasteiger partial charge is 0.465 e. The van der Waals surface area contributed by atoms with Gasteiger partial charge in [-0.05, 0) is 32.1 Å². The van der Waals surface area contributed by atoms with Crippen molar-refractivity contribution in [1.29, 1.82) is 0 Å². The molecular weight excluding hydrogens is 366 g/mol. The van der Waals surface area contributed by atoms with Crippen molar-refractivity contribution in [2.45, 2.75) is 96.8 Å². The van der Waals surface area contributed by atoms with Gasteiger partial charge in [-0.15, -0.1) is 0 Å². The Morgan fingerprint density at radius 2 is 1.41 bits per heavy atom. The number of rotatable bonds is 19. The number of aliphatic hydroxyl groups excluding tert-OH is 1. The van der Waals surface area contributed by atoms with Gasteiger partial charge in [-0.2, -0.15) is 0 Å². The number of carbonyl (C=O) groups is 1. The second-order valence-electron chi connectivity index (χ2n) is 8.79. The molecule has 0 aromatic rings. The molecule has 5 heteroatoms. The first-order valence-electron chi connectivity index (χ1n) is 11.9. The number of amides is 1. The van der Waals surface area contributed by atoms with Crippen molar-refractivity contribution < 1.29 is 19.7 Å². The lowest BCUT2D eigenvalue weighted by atomic mass is 9.82. The van der Waals surface area contributed by atoms with Crippen LogP contribution in [-0.2, 0) is 4.74 Å². The Morgan fingerprint density at radius 1 is 0.897 bits per heavy atom. The van der Waals surface area contributed by atoms with Crippen molar-refractivity contribution in [2.24, 2.45) is 5.41 Å². The minimum atomic E-state index is -0.914. The van der Waals surface area contributed by atoms with Crippen molar-refractivity contribution in [3.63, 3.8) is 0 Å². The molecule has 0 aromatic carbocycles. The summed E-state index contributed by atoms with van der Waals surface area (Å²) < 4.78 is 5.69. The molecule has 1 heterocycles. The maximum Gasteiger partial charge on any atom is 0.407 e. The van der Waals surface area contributed by atoms with E-state index < -0.39 is 6.09 Å². The van der Waals surface area contributed by atoms with Crippen LogP contribution in [0.4, 0.5) is 4.79 Å². The zero-order valence-electron chi connectivity index (χ0n) is 18.7. The Hall–Kier alpha value is -1.07. The average Bonchev–Trinajstić information content (AvgIpc) is 2.68. The monoisotopic (exact) mass is 411 g/mol. The average molecular weight is 412 g/mol. The zero-order chi connectivity index (χ0) is 21.2. The lowest BCUT2D eigenvalue weighted by molar-refractivity contribution is -0.0825.